The van der Waals surface area contributed by atoms with E-state index in [1.807, 2.05) is 0 Å². The maximum atomic E-state index is 6.26. The fourth-order valence-electron chi connectivity index (χ4n) is 1.85. The van der Waals surface area contributed by atoms with E-state index in [-0.39, 0.29) is 0 Å². The van der Waals surface area contributed by atoms with Crippen molar-refractivity contribution in [2.24, 2.45) is 0 Å². The van der Waals surface area contributed by atoms with Gasteiger partial charge in [-0.1, -0.05) is 209 Å². The smallest absolute Gasteiger partial charge is 0.110 e. The second kappa shape index (κ2) is 9.06. The first-order chi connectivity index (χ1) is 12.2. The highest BCUT2D eigenvalue weighted by atomic mass is 35.6. The quantitative estimate of drug-likeness (QED) is 0.214. The summed E-state index contributed by atoms with van der Waals surface area (Å²) < 4.78 is -26.5. The van der Waals surface area contributed by atoms with Crippen LogP contribution < -0.4 is 0 Å². The van der Waals surface area contributed by atoms with Gasteiger partial charge in [-0.3, -0.25) is 0 Å². The molecule has 0 aromatic rings. The summed E-state index contributed by atoms with van der Waals surface area (Å²) in [6.07, 6.45) is 0. The van der Waals surface area contributed by atoms with E-state index in [4.69, 9.17) is 220 Å². The normalized spacial score (nSPS) is 33.6. The van der Waals surface area contributed by atoms with Crippen molar-refractivity contribution in [3.8, 4) is 0 Å². The lowest BCUT2D eigenvalue weighted by Gasteiger charge is -2.59. The predicted octanol–water partition coefficient (Wildman–Crippen LogP) is 11.3. The van der Waals surface area contributed by atoms with Crippen LogP contribution in [0.3, 0.4) is 0 Å². The van der Waals surface area contributed by atoms with Gasteiger partial charge in [-0.15, -0.1) is 11.6 Å². The summed E-state index contributed by atoms with van der Waals surface area (Å²) in [6.45, 7) is 0. The maximum absolute atomic E-state index is 6.26. The Kier molecular flexibility index (Phi) is 10.2. The second-order valence-corrected chi connectivity index (χ2v) is 17.8. The molecular weight excluding hydrogens is 794 g/mol. The van der Waals surface area contributed by atoms with E-state index < -0.39 is 44.4 Å². The molecule has 0 N–H and O–H groups in total. The average molecular weight is 794 g/mol. The molecule has 0 unspecified atom stereocenters. The zero-order valence-corrected chi connectivity index (χ0v) is 26.5. The minimum atomic E-state index is -3.01. The van der Waals surface area contributed by atoms with Crippen molar-refractivity contribution in [2.45, 2.75) is 39.0 Å². The number of hydrogen-bond donors (Lipinski definition) is 0. The number of halogens is 19. The molecule has 0 aromatic heterocycles. The first-order valence-electron chi connectivity index (χ1n) is 6.09. The van der Waals surface area contributed by atoms with Crippen LogP contribution in [0.4, 0.5) is 0 Å². The van der Waals surface area contributed by atoms with E-state index in [9.17, 15) is 0 Å². The summed E-state index contributed by atoms with van der Waals surface area (Å²) in [7, 11) is 0. The van der Waals surface area contributed by atoms with Crippen LogP contribution in [0.25, 0.3) is 0 Å². The molecule has 173 valence electrons. The maximum Gasteiger partial charge on any atom is 0.189 e. The number of alkyl halides is 18. The lowest BCUT2D eigenvalue weighted by molar-refractivity contribution is 0.408. The van der Waals surface area contributed by atoms with Crippen molar-refractivity contribution >= 4 is 220 Å². The van der Waals surface area contributed by atoms with Gasteiger partial charge in [0.05, 0.1) is 0 Å². The summed E-state index contributed by atoms with van der Waals surface area (Å²) in [5.41, 5.74) is 0. The van der Waals surface area contributed by atoms with E-state index >= 15 is 0 Å². The fourth-order valence-corrected chi connectivity index (χ4v) is 8.79. The minimum absolute atomic E-state index is 1.01. The van der Waals surface area contributed by atoms with Gasteiger partial charge in [0.25, 0.3) is 0 Å². The van der Waals surface area contributed by atoms with E-state index in [1.54, 1.807) is 0 Å². The zero-order valence-electron chi connectivity index (χ0n) is 12.2. The molecule has 0 saturated heterocycles. The highest BCUT2D eigenvalue weighted by Crippen LogP contribution is 2.77. The summed E-state index contributed by atoms with van der Waals surface area (Å²) >= 11 is 119. The summed E-state index contributed by atoms with van der Waals surface area (Å²) in [5.74, 6) is 0. The van der Waals surface area contributed by atoms with E-state index in [2.05, 4.69) is 0 Å². The third-order valence-corrected chi connectivity index (χ3v) is 17.6. The summed E-state index contributed by atoms with van der Waals surface area (Å²) in [4.78, 5) is 0. The molecule has 1 saturated carbocycles. The third-order valence-electron chi connectivity index (χ3n) is 3.71. The molecule has 1 aliphatic rings. The highest BCUT2D eigenvalue weighted by Gasteiger charge is 2.86. The van der Waals surface area contributed by atoms with E-state index in [0.29, 0.717) is 0 Å². The molecule has 0 heterocycles. The lowest BCUT2D eigenvalue weighted by atomic mass is 9.94. The molecule has 0 atom stereocenters. The summed E-state index contributed by atoms with van der Waals surface area (Å²) in [5, 5.41) is -1.01. The van der Waals surface area contributed by atoms with Crippen molar-refractivity contribution in [3.63, 3.8) is 0 Å². The largest absolute Gasteiger partial charge is 0.189 e. The topological polar surface area (TPSA) is 0 Å². The molecule has 0 bridgehead atoms. The Hall–Kier alpha value is 5.51. The first-order valence-corrected chi connectivity index (χ1v) is 13.3. The molecule has 0 nitrogen and oxygen atoms in total. The Morgan fingerprint density at radius 2 is 0.414 bits per heavy atom. The van der Waals surface area contributed by atoms with E-state index in [1.165, 1.54) is 0 Å². The Morgan fingerprint density at radius 1 is 0.276 bits per heavy atom. The van der Waals surface area contributed by atoms with Gasteiger partial charge in [0.15, 0.2) is 39.0 Å². The fraction of sp³-hybridized carbons (Fsp3) is 0.900. The zero-order chi connectivity index (χ0) is 24.1. The molecule has 0 spiro atoms. The van der Waals surface area contributed by atoms with Crippen molar-refractivity contribution in [1.82, 2.24) is 0 Å². The van der Waals surface area contributed by atoms with Gasteiger partial charge in [-0.25, -0.2) is 0 Å². The number of hydrogen-bond acceptors (Lipinski definition) is 0. The molecule has 1 radical (unpaired) electrons. The predicted molar refractivity (Wildman–Crippen MR) is 139 cm³/mol. The molecule has 0 aromatic carbocycles. The van der Waals surface area contributed by atoms with Gasteiger partial charge in [0, 0.05) is 0 Å². The molecule has 0 aliphatic heterocycles. The van der Waals surface area contributed by atoms with Crippen molar-refractivity contribution in [3.05, 3.63) is 5.38 Å². The molecular formula is C10Cl19. The van der Waals surface area contributed by atoms with Gasteiger partial charge in [0.1, 0.15) is 5.38 Å². The monoisotopic (exact) mass is 784 g/mol. The Morgan fingerprint density at radius 3 is 0.586 bits per heavy atom. The van der Waals surface area contributed by atoms with Crippen LogP contribution in [-0.2, 0) is 0 Å². The van der Waals surface area contributed by atoms with Crippen LogP contribution in [0.2, 0.25) is 0 Å². The van der Waals surface area contributed by atoms with Crippen molar-refractivity contribution in [1.29, 1.82) is 0 Å². The second-order valence-electron chi connectivity index (χ2n) is 5.48. The molecule has 19 heteroatoms. The van der Waals surface area contributed by atoms with Crippen molar-refractivity contribution < 1.29 is 0 Å². The van der Waals surface area contributed by atoms with Crippen LogP contribution >= 0.6 is 220 Å². The Balaban J connectivity index is 4.23. The number of rotatable bonds is 0. The van der Waals surface area contributed by atoms with Crippen LogP contribution in [0.15, 0.2) is 0 Å². The Bertz CT molecular complexity index is 602. The van der Waals surface area contributed by atoms with Crippen molar-refractivity contribution in [2.75, 3.05) is 0 Å². The molecule has 1 fully saturated rings. The van der Waals surface area contributed by atoms with Gasteiger partial charge in [-0.05, 0) is 0 Å². The minimum Gasteiger partial charge on any atom is -0.110 e. The highest BCUT2D eigenvalue weighted by molar-refractivity contribution is 6.83. The lowest BCUT2D eigenvalue weighted by Crippen LogP contribution is -2.75. The molecule has 0 amide bonds. The van der Waals surface area contributed by atoms with Crippen LogP contribution in [0.1, 0.15) is 0 Å². The SMILES string of the molecule is Cl[C]1C(Cl)(Cl)C(Cl)(Cl)C(Cl)(Cl)C(Cl)(Cl)C(Cl)(Cl)C(Cl)(Cl)C(Cl)(Cl)C(Cl)(Cl)C1(Cl)Cl. The standard InChI is InChI=1S/C10Cl19/c11-1-2(12,13)4(16,17)6(20,21)8(24,25)10(28,29)9(26,27)7(22,23)5(18,19)3(1,14)15. The summed E-state index contributed by atoms with van der Waals surface area (Å²) in [6, 6.07) is 0. The first kappa shape index (κ1) is 32.5. The van der Waals surface area contributed by atoms with Gasteiger partial charge in [-0.2, -0.15) is 0 Å². The van der Waals surface area contributed by atoms with Gasteiger partial charge >= 0.3 is 0 Å². The molecule has 1 rings (SSSR count). The van der Waals surface area contributed by atoms with Crippen LogP contribution in [0, 0.1) is 5.38 Å². The average Bonchev–Trinajstić information content (AvgIpc) is 2.51. The Labute approximate surface area is 261 Å². The molecule has 1 aliphatic carbocycles. The third kappa shape index (κ3) is 4.15. The van der Waals surface area contributed by atoms with E-state index in [0.717, 1.165) is 0 Å². The molecule has 29 heavy (non-hydrogen) atoms. The van der Waals surface area contributed by atoms with Gasteiger partial charge < -0.3 is 0 Å². The van der Waals surface area contributed by atoms with Crippen LogP contribution in [0.5, 0.6) is 0 Å². The van der Waals surface area contributed by atoms with Gasteiger partial charge in [0.2, 0.25) is 0 Å². The van der Waals surface area contributed by atoms with Crippen LogP contribution in [-0.4, -0.2) is 39.0 Å².